The zero-order valence-corrected chi connectivity index (χ0v) is 17.9. The van der Waals surface area contributed by atoms with E-state index < -0.39 is 15.6 Å². The van der Waals surface area contributed by atoms with Gasteiger partial charge in [0.1, 0.15) is 16.6 Å². The lowest BCUT2D eigenvalue weighted by Crippen LogP contribution is -2.40. The molecular weight excluding hydrogens is 398 g/mol. The van der Waals surface area contributed by atoms with E-state index >= 15 is 0 Å². The summed E-state index contributed by atoms with van der Waals surface area (Å²) < 4.78 is 29.7. The number of sulfonamides is 1. The molecule has 3 aromatic heterocycles. The molecule has 0 bridgehead atoms. The molecule has 0 saturated carbocycles. The highest BCUT2D eigenvalue weighted by Gasteiger charge is 2.25. The predicted molar refractivity (Wildman–Crippen MR) is 116 cm³/mol. The second-order valence-corrected chi connectivity index (χ2v) is 9.92. The molecule has 0 aliphatic heterocycles. The van der Waals surface area contributed by atoms with Crippen molar-refractivity contribution >= 4 is 26.8 Å². The van der Waals surface area contributed by atoms with Gasteiger partial charge in [-0.2, -0.15) is 5.26 Å². The third-order valence-corrected chi connectivity index (χ3v) is 6.32. The van der Waals surface area contributed by atoms with Gasteiger partial charge in [0, 0.05) is 29.0 Å². The molecule has 1 N–H and O–H groups in total. The van der Waals surface area contributed by atoms with Crippen LogP contribution in [0.3, 0.4) is 0 Å². The third kappa shape index (κ3) is 3.43. The van der Waals surface area contributed by atoms with E-state index in [-0.39, 0.29) is 4.90 Å². The fourth-order valence-corrected chi connectivity index (χ4v) is 4.71. The maximum atomic E-state index is 12.6. The minimum Gasteiger partial charge on any atom is -0.291 e. The molecule has 0 radical (unpaired) electrons. The molecule has 7 nitrogen and oxygen atoms in total. The number of nitriles is 1. The van der Waals surface area contributed by atoms with E-state index in [1.54, 1.807) is 33.0 Å². The molecule has 1 aliphatic carbocycles. The van der Waals surface area contributed by atoms with Crippen LogP contribution < -0.4 is 4.72 Å². The largest absolute Gasteiger partial charge is 0.291 e. The van der Waals surface area contributed by atoms with Gasteiger partial charge in [-0.05, 0) is 63.6 Å². The Morgan fingerprint density at radius 3 is 2.43 bits per heavy atom. The maximum absolute atomic E-state index is 12.6. The second-order valence-electron chi connectivity index (χ2n) is 8.24. The average molecular weight is 420 g/mol. The fraction of sp³-hybridized carbons (Fsp3) is 0.227. The van der Waals surface area contributed by atoms with Crippen molar-refractivity contribution in [3.05, 3.63) is 59.9 Å². The van der Waals surface area contributed by atoms with Crippen molar-refractivity contribution in [2.45, 2.75) is 38.1 Å². The van der Waals surface area contributed by atoms with Crippen LogP contribution in [-0.2, 0) is 10.0 Å². The molecule has 3 heterocycles. The van der Waals surface area contributed by atoms with Gasteiger partial charge in [-0.15, -0.1) is 0 Å². The number of aromatic nitrogens is 3. The number of fused-ring (bicyclic) bond motifs is 1. The highest BCUT2D eigenvalue weighted by molar-refractivity contribution is 7.89. The Bertz CT molecular complexity index is 1370. The molecule has 8 heteroatoms. The zero-order chi connectivity index (χ0) is 21.7. The standard InChI is InChI=1S/C22H21N5O2S/c1-14-10-17-18(11-23)20(27(15-6-5-7-15)21(17)25-12-14)19-9-8-16(13-24-19)30(28,29)26-22(2,3)4/h5-10,12-13,26H,1-4H3. The monoisotopic (exact) mass is 419 g/mol. The summed E-state index contributed by atoms with van der Waals surface area (Å²) in [6.07, 6.45) is 8.84. The summed E-state index contributed by atoms with van der Waals surface area (Å²) in [5.74, 6) is 0. The highest BCUT2D eigenvalue weighted by Crippen LogP contribution is 2.36. The van der Waals surface area contributed by atoms with Crippen LogP contribution >= 0.6 is 0 Å². The number of hydrogen-bond donors (Lipinski definition) is 1. The molecule has 4 rings (SSSR count). The first-order valence-electron chi connectivity index (χ1n) is 9.41. The molecule has 0 fully saturated rings. The Hall–Kier alpha value is -3.28. The molecule has 0 unspecified atom stereocenters. The van der Waals surface area contributed by atoms with Gasteiger partial charge < -0.3 is 0 Å². The zero-order valence-electron chi connectivity index (χ0n) is 17.1. The van der Waals surface area contributed by atoms with Gasteiger partial charge in [-0.1, -0.05) is 6.08 Å². The Balaban J connectivity index is 1.89. The van der Waals surface area contributed by atoms with E-state index in [1.165, 1.54) is 12.3 Å². The van der Waals surface area contributed by atoms with Crippen molar-refractivity contribution in [1.29, 1.82) is 5.26 Å². The Morgan fingerprint density at radius 1 is 1.17 bits per heavy atom. The van der Waals surface area contributed by atoms with E-state index in [1.807, 2.05) is 35.8 Å². The van der Waals surface area contributed by atoms with Crippen molar-refractivity contribution in [3.8, 4) is 17.5 Å². The lowest BCUT2D eigenvalue weighted by Gasteiger charge is -2.20. The lowest BCUT2D eigenvalue weighted by atomic mass is 10.1. The SMILES string of the molecule is Cc1cnc2c(c1)c(C#N)c(-c1ccc(S(=O)(=O)NC(C)(C)C)cn1)n2C1=CC=C1. The van der Waals surface area contributed by atoms with Crippen LogP contribution in [0.1, 0.15) is 31.9 Å². The first-order chi connectivity index (χ1) is 14.1. The Morgan fingerprint density at radius 2 is 1.90 bits per heavy atom. The van der Waals surface area contributed by atoms with E-state index in [2.05, 4.69) is 20.8 Å². The topological polar surface area (TPSA) is 101 Å². The molecule has 0 amide bonds. The Kier molecular flexibility index (Phi) is 4.60. The third-order valence-electron chi connectivity index (χ3n) is 4.58. The van der Waals surface area contributed by atoms with Crippen LogP contribution in [0.5, 0.6) is 0 Å². The molecule has 152 valence electrons. The number of aryl methyl sites for hydroxylation is 1. The van der Waals surface area contributed by atoms with Crippen molar-refractivity contribution < 1.29 is 8.42 Å². The number of hydrogen-bond acceptors (Lipinski definition) is 5. The number of allylic oxidation sites excluding steroid dienone is 4. The summed E-state index contributed by atoms with van der Waals surface area (Å²) in [5, 5.41) is 10.6. The Labute approximate surface area is 175 Å². The van der Waals surface area contributed by atoms with E-state index in [0.29, 0.717) is 22.6 Å². The van der Waals surface area contributed by atoms with Crippen LogP contribution in [0.15, 0.2) is 53.7 Å². The van der Waals surface area contributed by atoms with Gasteiger partial charge >= 0.3 is 0 Å². The fourth-order valence-electron chi connectivity index (χ4n) is 3.35. The first-order valence-corrected chi connectivity index (χ1v) is 10.9. The molecule has 0 saturated heterocycles. The first kappa shape index (κ1) is 20.0. The molecule has 0 atom stereocenters. The van der Waals surface area contributed by atoms with Crippen LogP contribution in [0.25, 0.3) is 28.1 Å². The average Bonchev–Trinajstić information content (AvgIpc) is 2.91. The molecular formula is C22H21N5O2S. The van der Waals surface area contributed by atoms with Crippen molar-refractivity contribution in [1.82, 2.24) is 19.3 Å². The van der Waals surface area contributed by atoms with Gasteiger partial charge in [0.15, 0.2) is 0 Å². The van der Waals surface area contributed by atoms with Gasteiger partial charge in [-0.25, -0.2) is 18.1 Å². The number of nitrogens with zero attached hydrogens (tertiary/aromatic N) is 4. The molecule has 0 spiro atoms. The van der Waals surface area contributed by atoms with Crippen LogP contribution in [-0.4, -0.2) is 28.5 Å². The van der Waals surface area contributed by atoms with E-state index in [4.69, 9.17) is 0 Å². The molecule has 3 aromatic rings. The maximum Gasteiger partial charge on any atom is 0.242 e. The van der Waals surface area contributed by atoms with Crippen molar-refractivity contribution in [2.24, 2.45) is 0 Å². The smallest absolute Gasteiger partial charge is 0.242 e. The molecule has 0 aromatic carbocycles. The van der Waals surface area contributed by atoms with Crippen LogP contribution in [0.4, 0.5) is 0 Å². The number of nitrogens with one attached hydrogen (secondary N) is 1. The van der Waals surface area contributed by atoms with Crippen LogP contribution in [0.2, 0.25) is 0 Å². The second kappa shape index (κ2) is 6.90. The van der Waals surface area contributed by atoms with Crippen molar-refractivity contribution in [2.75, 3.05) is 0 Å². The summed E-state index contributed by atoms with van der Waals surface area (Å²) in [7, 11) is -3.70. The summed E-state index contributed by atoms with van der Waals surface area (Å²) in [5.41, 5.74) is 3.44. The van der Waals surface area contributed by atoms with Crippen LogP contribution in [0, 0.1) is 18.3 Å². The quantitative estimate of drug-likeness (QED) is 0.694. The number of pyridine rings is 2. The van der Waals surface area contributed by atoms with E-state index in [9.17, 15) is 13.7 Å². The highest BCUT2D eigenvalue weighted by atomic mass is 32.2. The van der Waals surface area contributed by atoms with Gasteiger partial charge in [0.25, 0.3) is 0 Å². The normalized spacial score (nSPS) is 13.8. The van der Waals surface area contributed by atoms with Gasteiger partial charge in [-0.3, -0.25) is 9.55 Å². The summed E-state index contributed by atoms with van der Waals surface area (Å²) in [6, 6.07) is 7.33. The van der Waals surface area contributed by atoms with E-state index in [0.717, 1.165) is 16.6 Å². The minimum atomic E-state index is -3.70. The molecule has 1 aliphatic rings. The predicted octanol–water partition coefficient (Wildman–Crippen LogP) is 3.77. The molecule has 30 heavy (non-hydrogen) atoms. The van der Waals surface area contributed by atoms with Gasteiger partial charge in [0.2, 0.25) is 10.0 Å². The summed E-state index contributed by atoms with van der Waals surface area (Å²) in [4.78, 5) is 9.01. The summed E-state index contributed by atoms with van der Waals surface area (Å²) in [6.45, 7) is 7.25. The van der Waals surface area contributed by atoms with Crippen molar-refractivity contribution in [3.63, 3.8) is 0 Å². The van der Waals surface area contributed by atoms with Gasteiger partial charge in [0.05, 0.1) is 17.0 Å². The summed E-state index contributed by atoms with van der Waals surface area (Å²) >= 11 is 0. The lowest BCUT2D eigenvalue weighted by molar-refractivity contribution is 0.491. The minimum absolute atomic E-state index is 0.0686. The number of rotatable bonds is 4.